The Morgan fingerprint density at radius 2 is 1.80 bits per heavy atom. The number of benzene rings is 3. The van der Waals surface area contributed by atoms with Crippen LogP contribution in [0.3, 0.4) is 0 Å². The zero-order valence-electron chi connectivity index (χ0n) is 20.7. The predicted octanol–water partition coefficient (Wildman–Crippen LogP) is 7.65. The molecule has 0 amide bonds. The number of hydrogen-bond acceptors (Lipinski definition) is 9. The number of halogens is 4. The second-order valence-corrected chi connectivity index (χ2v) is 11.8. The number of rotatable bonds is 5. The predicted molar refractivity (Wildman–Crippen MR) is 157 cm³/mol. The molecule has 0 radical (unpaired) electrons. The highest BCUT2D eigenvalue weighted by Crippen LogP contribution is 2.43. The number of amidine groups is 1. The number of non-ortho nitro benzene ring substituents is 1. The van der Waals surface area contributed by atoms with Crippen LogP contribution in [0.1, 0.15) is 18.0 Å². The average Bonchev–Trinajstić information content (AvgIpc) is 3.65. The molecule has 1 aliphatic heterocycles. The van der Waals surface area contributed by atoms with Gasteiger partial charge in [0.05, 0.1) is 42.0 Å². The Balaban J connectivity index is 1.43. The lowest BCUT2D eigenvalue weighted by Gasteiger charge is -2.23. The number of nitro groups is 1. The smallest absolute Gasteiger partial charge is 0.299 e. The van der Waals surface area contributed by atoms with Crippen LogP contribution in [0.15, 0.2) is 47.5 Å². The van der Waals surface area contributed by atoms with Gasteiger partial charge in [0.15, 0.2) is 5.52 Å². The molecule has 3 heterocycles. The van der Waals surface area contributed by atoms with Crippen LogP contribution in [-0.4, -0.2) is 34.8 Å². The van der Waals surface area contributed by atoms with Gasteiger partial charge in [0.1, 0.15) is 17.5 Å². The summed E-state index contributed by atoms with van der Waals surface area (Å²) in [5.74, 6) is -0.936. The molecule has 6 rings (SSSR count). The molecule has 5 aromatic rings. The Kier molecular flexibility index (Phi) is 6.69. The summed E-state index contributed by atoms with van der Waals surface area (Å²) < 4.78 is 29.0. The molecule has 40 heavy (non-hydrogen) atoms. The van der Waals surface area contributed by atoms with Crippen molar-refractivity contribution in [3.63, 3.8) is 0 Å². The number of hydrogen-bond donors (Lipinski definition) is 1. The third kappa shape index (κ3) is 4.58. The van der Waals surface area contributed by atoms with Crippen LogP contribution in [0.4, 0.5) is 30.4 Å². The van der Waals surface area contributed by atoms with Gasteiger partial charge in [-0.15, -0.1) is 0 Å². The molecular formula is C25H17Cl2F2N7O2S2. The van der Waals surface area contributed by atoms with E-state index in [1.165, 1.54) is 17.4 Å². The number of hydrazine groups is 1. The lowest BCUT2D eigenvalue weighted by atomic mass is 10.0. The molecule has 1 aliphatic rings. The Morgan fingerprint density at radius 3 is 2.50 bits per heavy atom. The van der Waals surface area contributed by atoms with Gasteiger partial charge in [0, 0.05) is 26.2 Å². The fraction of sp³-hybridized carbons (Fsp3) is 0.160. The molecule has 9 nitrogen and oxygen atoms in total. The first-order valence-electron chi connectivity index (χ1n) is 11.7. The molecule has 0 aliphatic carbocycles. The maximum atomic E-state index is 14.2. The number of nitro benzene ring substituents is 1. The molecule has 0 bridgehead atoms. The number of thiazole rings is 2. The van der Waals surface area contributed by atoms with Crippen molar-refractivity contribution in [2.75, 3.05) is 24.0 Å². The van der Waals surface area contributed by atoms with Gasteiger partial charge < -0.3 is 4.90 Å². The van der Waals surface area contributed by atoms with E-state index in [2.05, 4.69) is 20.4 Å². The normalized spacial score (nSPS) is 16.3. The van der Waals surface area contributed by atoms with Crippen LogP contribution in [-0.2, 0) is 0 Å². The number of fused-ring (bicyclic) bond motifs is 2. The lowest BCUT2D eigenvalue weighted by Crippen LogP contribution is -2.34. The zero-order valence-corrected chi connectivity index (χ0v) is 23.8. The van der Waals surface area contributed by atoms with Gasteiger partial charge in [0.25, 0.3) is 5.69 Å². The van der Waals surface area contributed by atoms with Crippen molar-refractivity contribution in [2.24, 2.45) is 4.99 Å². The van der Waals surface area contributed by atoms with E-state index in [0.29, 0.717) is 27.6 Å². The highest BCUT2D eigenvalue weighted by atomic mass is 35.5. The molecule has 1 saturated heterocycles. The van der Waals surface area contributed by atoms with E-state index in [0.717, 1.165) is 28.7 Å². The first kappa shape index (κ1) is 26.6. The molecule has 204 valence electrons. The van der Waals surface area contributed by atoms with E-state index in [-0.39, 0.29) is 31.4 Å². The average molecular weight is 620 g/mol. The minimum absolute atomic E-state index is 0.00130. The molecule has 1 fully saturated rings. The summed E-state index contributed by atoms with van der Waals surface area (Å²) in [5, 5.41) is 13.8. The van der Waals surface area contributed by atoms with Crippen molar-refractivity contribution < 1.29 is 13.7 Å². The monoisotopic (exact) mass is 619 g/mol. The number of aliphatic imine (C=N–C) groups is 1. The van der Waals surface area contributed by atoms with Crippen molar-refractivity contribution in [3.05, 3.63) is 79.8 Å². The van der Waals surface area contributed by atoms with Crippen molar-refractivity contribution in [1.82, 2.24) is 15.4 Å². The van der Waals surface area contributed by atoms with Crippen molar-refractivity contribution in [1.29, 1.82) is 0 Å². The van der Waals surface area contributed by atoms with Crippen LogP contribution in [0, 0.1) is 21.7 Å². The Hall–Kier alpha value is -3.65. The van der Waals surface area contributed by atoms with Gasteiger partial charge in [-0.2, -0.15) is 0 Å². The van der Waals surface area contributed by atoms with Crippen LogP contribution in [0.5, 0.6) is 0 Å². The second kappa shape index (κ2) is 10.1. The fourth-order valence-corrected chi connectivity index (χ4v) is 6.82. The minimum atomic E-state index is -0.902. The Morgan fingerprint density at radius 1 is 1.07 bits per heavy atom. The number of nitrogens with one attached hydrogen (secondary N) is 1. The van der Waals surface area contributed by atoms with E-state index < -0.39 is 22.2 Å². The van der Waals surface area contributed by atoms with Crippen molar-refractivity contribution in [2.45, 2.75) is 12.5 Å². The maximum absolute atomic E-state index is 14.2. The third-order valence-corrected chi connectivity index (χ3v) is 9.36. The van der Waals surface area contributed by atoms with Gasteiger partial charge in [0.2, 0.25) is 10.3 Å². The quantitative estimate of drug-likeness (QED) is 0.159. The summed E-state index contributed by atoms with van der Waals surface area (Å²) in [6.45, 7) is 0. The largest absolute Gasteiger partial charge is 0.378 e. The van der Waals surface area contributed by atoms with Crippen LogP contribution < -0.4 is 15.3 Å². The summed E-state index contributed by atoms with van der Waals surface area (Å²) in [6, 6.07) is 11.3. The Bertz CT molecular complexity index is 1840. The highest BCUT2D eigenvalue weighted by molar-refractivity contribution is 7.23. The standard InChI is InChI=1S/C25H17Cl2F2N7O2S2/c1-34(2)12-5-3-11(4-6-12)16-10-18(33-35(16)25-30-15-8-7-13(28)19(26)22(15)40-25)31-24-32-21-17(36(37)38)9-14(29)20(27)23(21)39-24/h3-9,16H,10H2,1-2H3,(H,31,32,33). The van der Waals surface area contributed by atoms with E-state index >= 15 is 0 Å². The second-order valence-electron chi connectivity index (χ2n) is 9.08. The minimum Gasteiger partial charge on any atom is -0.378 e. The highest BCUT2D eigenvalue weighted by Gasteiger charge is 2.34. The maximum Gasteiger partial charge on any atom is 0.299 e. The van der Waals surface area contributed by atoms with E-state index in [9.17, 15) is 18.9 Å². The summed E-state index contributed by atoms with van der Waals surface area (Å²) in [6.07, 6.45) is 0.402. The number of aromatic nitrogens is 2. The van der Waals surface area contributed by atoms with Gasteiger partial charge in [-0.05, 0) is 29.8 Å². The number of anilines is 2. The molecule has 1 unspecified atom stereocenters. The molecule has 0 spiro atoms. The van der Waals surface area contributed by atoms with E-state index in [1.807, 2.05) is 48.3 Å². The van der Waals surface area contributed by atoms with Crippen LogP contribution in [0.2, 0.25) is 10.0 Å². The Labute approximate surface area is 243 Å². The van der Waals surface area contributed by atoms with Gasteiger partial charge >= 0.3 is 0 Å². The summed E-state index contributed by atoms with van der Waals surface area (Å²) in [4.78, 5) is 26.3. The summed E-state index contributed by atoms with van der Waals surface area (Å²) >= 11 is 14.5. The fourth-order valence-electron chi connectivity index (χ4n) is 4.37. The molecule has 1 atom stereocenters. The van der Waals surface area contributed by atoms with E-state index in [4.69, 9.17) is 23.2 Å². The molecule has 0 saturated carbocycles. The van der Waals surface area contributed by atoms with Gasteiger partial charge in [-0.3, -0.25) is 20.5 Å². The van der Waals surface area contributed by atoms with Crippen molar-refractivity contribution >= 4 is 93.8 Å². The number of nitrogens with zero attached hydrogens (tertiary/aromatic N) is 6. The molecule has 15 heteroatoms. The van der Waals surface area contributed by atoms with Gasteiger partial charge in [-0.25, -0.2) is 23.7 Å². The zero-order chi connectivity index (χ0) is 28.3. The third-order valence-electron chi connectivity index (χ3n) is 6.35. The summed E-state index contributed by atoms with van der Waals surface area (Å²) in [5.41, 5.74) is 5.27. The first-order chi connectivity index (χ1) is 19.1. The molecule has 2 aromatic heterocycles. The SMILES string of the molecule is CN(C)c1ccc(C2C/C(=N\c3nc4c([N+](=O)[O-])cc(F)c(Cl)c4s3)NN2c2nc3ccc(F)c(Cl)c3s2)cc1. The van der Waals surface area contributed by atoms with E-state index in [1.54, 1.807) is 6.07 Å². The van der Waals surface area contributed by atoms with Crippen LogP contribution >= 0.6 is 45.9 Å². The van der Waals surface area contributed by atoms with Gasteiger partial charge in [-0.1, -0.05) is 58.0 Å². The summed E-state index contributed by atoms with van der Waals surface area (Å²) in [7, 11) is 3.90. The molecule has 3 aromatic carbocycles. The first-order valence-corrected chi connectivity index (χ1v) is 14.1. The van der Waals surface area contributed by atoms with Crippen molar-refractivity contribution in [3.8, 4) is 0 Å². The molecule has 1 N–H and O–H groups in total. The van der Waals surface area contributed by atoms with Crippen LogP contribution in [0.25, 0.3) is 20.4 Å². The lowest BCUT2D eigenvalue weighted by molar-refractivity contribution is -0.383. The molecular weight excluding hydrogens is 603 g/mol. The topological polar surface area (TPSA) is 99.8 Å².